The Morgan fingerprint density at radius 2 is 2.11 bits per heavy atom. The number of nitrogens with zero attached hydrogens (tertiary/aromatic N) is 3. The fourth-order valence-corrected chi connectivity index (χ4v) is 2.79. The number of hydrogen-bond donors (Lipinski definition) is 1. The molecule has 1 aromatic carbocycles. The average molecular weight is 258 g/mol. The predicted octanol–water partition coefficient (Wildman–Crippen LogP) is 2.74. The molecular formula is C13H14N4S. The Morgan fingerprint density at radius 3 is 2.83 bits per heavy atom. The van der Waals surface area contributed by atoms with Crippen LogP contribution in [0, 0.1) is 13.8 Å². The second kappa shape index (κ2) is 4.10. The van der Waals surface area contributed by atoms with Crippen LogP contribution < -0.4 is 5.73 Å². The molecule has 2 heterocycles. The lowest BCUT2D eigenvalue weighted by atomic mass is 10.2. The number of aromatic nitrogens is 3. The summed E-state index contributed by atoms with van der Waals surface area (Å²) in [5.74, 6) is 0.545. The summed E-state index contributed by atoms with van der Waals surface area (Å²) in [6, 6.07) is 6.19. The van der Waals surface area contributed by atoms with Gasteiger partial charge in [-0.05, 0) is 31.5 Å². The van der Waals surface area contributed by atoms with Gasteiger partial charge in [0.2, 0.25) is 5.95 Å². The van der Waals surface area contributed by atoms with Crippen LogP contribution in [0.25, 0.3) is 11.0 Å². The first kappa shape index (κ1) is 11.2. The molecule has 5 heteroatoms. The number of imidazole rings is 1. The standard InChI is InChI=1S/C13H14N4S/c1-8-3-4-11-10(5-8)16-13(14)17(11)6-12-15-9(2)7-18-12/h3-5,7H,6H2,1-2H3,(H2,14,16). The summed E-state index contributed by atoms with van der Waals surface area (Å²) in [6.07, 6.45) is 0. The van der Waals surface area contributed by atoms with Crippen LogP contribution in [0.1, 0.15) is 16.3 Å². The number of aryl methyl sites for hydroxylation is 2. The molecule has 0 aliphatic rings. The van der Waals surface area contributed by atoms with Crippen LogP contribution >= 0.6 is 11.3 Å². The van der Waals surface area contributed by atoms with Crippen molar-refractivity contribution in [1.29, 1.82) is 0 Å². The third-order valence-corrected chi connectivity index (χ3v) is 3.84. The first-order valence-corrected chi connectivity index (χ1v) is 6.65. The summed E-state index contributed by atoms with van der Waals surface area (Å²) in [6.45, 7) is 4.74. The highest BCUT2D eigenvalue weighted by Gasteiger charge is 2.10. The molecule has 3 aromatic rings. The van der Waals surface area contributed by atoms with Crippen LogP contribution in [-0.2, 0) is 6.54 Å². The van der Waals surface area contributed by atoms with Gasteiger partial charge >= 0.3 is 0 Å². The van der Waals surface area contributed by atoms with Crippen LogP contribution in [0.2, 0.25) is 0 Å². The first-order chi connectivity index (χ1) is 8.63. The van der Waals surface area contributed by atoms with E-state index in [9.17, 15) is 0 Å². The van der Waals surface area contributed by atoms with E-state index < -0.39 is 0 Å². The lowest BCUT2D eigenvalue weighted by molar-refractivity contribution is 0.826. The molecule has 3 rings (SSSR count). The van der Waals surface area contributed by atoms with E-state index >= 15 is 0 Å². The second-order valence-electron chi connectivity index (χ2n) is 4.43. The molecule has 0 fully saturated rings. The van der Waals surface area contributed by atoms with Gasteiger partial charge in [0.25, 0.3) is 0 Å². The van der Waals surface area contributed by atoms with Crippen molar-refractivity contribution in [3.8, 4) is 0 Å². The zero-order chi connectivity index (χ0) is 12.7. The third kappa shape index (κ3) is 1.86. The van der Waals surface area contributed by atoms with Crippen molar-refractivity contribution in [2.24, 2.45) is 0 Å². The average Bonchev–Trinajstić information content (AvgIpc) is 2.84. The smallest absolute Gasteiger partial charge is 0.201 e. The highest BCUT2D eigenvalue weighted by atomic mass is 32.1. The van der Waals surface area contributed by atoms with Crippen LogP contribution in [0.4, 0.5) is 5.95 Å². The van der Waals surface area contributed by atoms with Crippen molar-refractivity contribution >= 4 is 28.3 Å². The van der Waals surface area contributed by atoms with Gasteiger partial charge in [0.05, 0.1) is 17.6 Å². The van der Waals surface area contributed by atoms with Crippen molar-refractivity contribution in [3.05, 3.63) is 39.8 Å². The summed E-state index contributed by atoms with van der Waals surface area (Å²) < 4.78 is 2.01. The van der Waals surface area contributed by atoms with Crippen molar-refractivity contribution < 1.29 is 0 Å². The Morgan fingerprint density at radius 1 is 1.28 bits per heavy atom. The topological polar surface area (TPSA) is 56.7 Å². The van der Waals surface area contributed by atoms with Gasteiger partial charge < -0.3 is 10.3 Å². The molecule has 0 radical (unpaired) electrons. The fraction of sp³-hybridized carbons (Fsp3) is 0.231. The number of hydrogen-bond acceptors (Lipinski definition) is 4. The van der Waals surface area contributed by atoms with Gasteiger partial charge in [0.1, 0.15) is 5.01 Å². The molecule has 2 N–H and O–H groups in total. The monoisotopic (exact) mass is 258 g/mol. The number of rotatable bonds is 2. The number of anilines is 1. The number of benzene rings is 1. The zero-order valence-electron chi connectivity index (χ0n) is 10.3. The maximum Gasteiger partial charge on any atom is 0.201 e. The van der Waals surface area contributed by atoms with Gasteiger partial charge in [-0.25, -0.2) is 9.97 Å². The Labute approximate surface area is 109 Å². The minimum Gasteiger partial charge on any atom is -0.369 e. The number of thiazole rings is 1. The minimum absolute atomic E-state index is 0.545. The lowest BCUT2D eigenvalue weighted by Gasteiger charge is -2.03. The van der Waals surface area contributed by atoms with Gasteiger partial charge in [-0.15, -0.1) is 11.3 Å². The van der Waals surface area contributed by atoms with Gasteiger partial charge in [0, 0.05) is 11.1 Å². The molecule has 0 aliphatic heterocycles. The molecule has 4 nitrogen and oxygen atoms in total. The quantitative estimate of drug-likeness (QED) is 0.769. The van der Waals surface area contributed by atoms with Crippen molar-refractivity contribution in [1.82, 2.24) is 14.5 Å². The Hall–Kier alpha value is -1.88. The highest BCUT2D eigenvalue weighted by Crippen LogP contribution is 2.21. The minimum atomic E-state index is 0.545. The van der Waals surface area contributed by atoms with Crippen LogP contribution in [0.3, 0.4) is 0 Å². The molecule has 0 saturated carbocycles. The Balaban J connectivity index is 2.08. The Bertz CT molecular complexity index is 711. The molecule has 0 atom stereocenters. The van der Waals surface area contributed by atoms with Crippen molar-refractivity contribution in [2.75, 3.05) is 5.73 Å². The maximum absolute atomic E-state index is 5.99. The first-order valence-electron chi connectivity index (χ1n) is 5.77. The number of nitrogens with two attached hydrogens (primary N) is 1. The number of fused-ring (bicyclic) bond motifs is 1. The summed E-state index contributed by atoms with van der Waals surface area (Å²) in [4.78, 5) is 8.86. The van der Waals surface area contributed by atoms with Crippen molar-refractivity contribution in [2.45, 2.75) is 20.4 Å². The molecule has 92 valence electrons. The predicted molar refractivity (Wildman–Crippen MR) is 74.8 cm³/mol. The second-order valence-corrected chi connectivity index (χ2v) is 5.37. The molecular weight excluding hydrogens is 244 g/mol. The summed E-state index contributed by atoms with van der Waals surface area (Å²) in [7, 11) is 0. The lowest BCUT2D eigenvalue weighted by Crippen LogP contribution is -2.04. The van der Waals surface area contributed by atoms with Gasteiger partial charge in [-0.3, -0.25) is 0 Å². The van der Waals surface area contributed by atoms with E-state index in [4.69, 9.17) is 5.73 Å². The molecule has 2 aromatic heterocycles. The van der Waals surface area contributed by atoms with Crippen molar-refractivity contribution in [3.63, 3.8) is 0 Å². The van der Waals surface area contributed by atoms with Gasteiger partial charge in [-0.2, -0.15) is 0 Å². The molecule has 18 heavy (non-hydrogen) atoms. The van der Waals surface area contributed by atoms with Crippen LogP contribution in [0.5, 0.6) is 0 Å². The van der Waals surface area contributed by atoms with Gasteiger partial charge in [0.15, 0.2) is 0 Å². The molecule has 0 bridgehead atoms. The van der Waals surface area contributed by atoms with Gasteiger partial charge in [-0.1, -0.05) is 6.07 Å². The normalized spacial score (nSPS) is 11.2. The van der Waals surface area contributed by atoms with E-state index in [1.807, 2.05) is 11.5 Å². The van der Waals surface area contributed by atoms with Crippen LogP contribution in [0.15, 0.2) is 23.6 Å². The molecule has 0 unspecified atom stereocenters. The van der Waals surface area contributed by atoms with Crippen LogP contribution in [-0.4, -0.2) is 14.5 Å². The zero-order valence-corrected chi connectivity index (χ0v) is 11.2. The van der Waals surface area contributed by atoms with E-state index in [-0.39, 0.29) is 0 Å². The summed E-state index contributed by atoms with van der Waals surface area (Å²) >= 11 is 1.65. The summed E-state index contributed by atoms with van der Waals surface area (Å²) in [5.41, 5.74) is 10.2. The Kier molecular flexibility index (Phi) is 2.56. The van der Waals surface area contributed by atoms with E-state index in [0.717, 1.165) is 21.7 Å². The molecule has 0 saturated heterocycles. The SMILES string of the molecule is Cc1ccc2c(c1)nc(N)n2Cc1nc(C)cs1. The highest BCUT2D eigenvalue weighted by molar-refractivity contribution is 7.09. The molecule has 0 aliphatic carbocycles. The largest absolute Gasteiger partial charge is 0.369 e. The van der Waals surface area contributed by atoms with E-state index in [0.29, 0.717) is 12.5 Å². The third-order valence-electron chi connectivity index (χ3n) is 2.89. The molecule has 0 amide bonds. The fourth-order valence-electron chi connectivity index (χ4n) is 2.04. The van der Waals surface area contributed by atoms with E-state index in [1.54, 1.807) is 11.3 Å². The van der Waals surface area contributed by atoms with E-state index in [1.165, 1.54) is 5.56 Å². The molecule has 0 spiro atoms. The summed E-state index contributed by atoms with van der Waals surface area (Å²) in [5, 5.41) is 3.11. The number of nitrogen functional groups attached to an aromatic ring is 1. The maximum atomic E-state index is 5.99. The van der Waals surface area contributed by atoms with E-state index in [2.05, 4.69) is 40.5 Å².